The maximum Gasteiger partial charge on any atom is 0.257 e. The highest BCUT2D eigenvalue weighted by Gasteiger charge is 2.36. The van der Waals surface area contributed by atoms with Crippen LogP contribution >= 0.6 is 11.6 Å². The van der Waals surface area contributed by atoms with E-state index in [-0.39, 0.29) is 11.6 Å². The third-order valence-electron chi connectivity index (χ3n) is 6.28. The molecule has 5 rings (SSSR count). The van der Waals surface area contributed by atoms with Crippen LogP contribution in [0, 0.1) is 11.6 Å². The second-order valence-electron chi connectivity index (χ2n) is 8.10. The van der Waals surface area contributed by atoms with Crippen LogP contribution in [0.5, 0.6) is 0 Å². The molecule has 1 aliphatic heterocycles. The first-order valence-corrected chi connectivity index (χ1v) is 10.9. The second kappa shape index (κ2) is 8.06. The third-order valence-corrected chi connectivity index (χ3v) is 6.52. The predicted octanol–water partition coefficient (Wildman–Crippen LogP) is 6.75. The van der Waals surface area contributed by atoms with Gasteiger partial charge in [-0.2, -0.15) is 0 Å². The van der Waals surface area contributed by atoms with Crippen molar-refractivity contribution < 1.29 is 13.6 Å². The van der Waals surface area contributed by atoms with E-state index in [0.29, 0.717) is 11.6 Å². The fraction of sp³-hybridized carbons (Fsp3) is 0.192. The van der Waals surface area contributed by atoms with E-state index in [1.165, 1.54) is 12.1 Å². The summed E-state index contributed by atoms with van der Waals surface area (Å²) in [4.78, 5) is 15.0. The van der Waals surface area contributed by atoms with Crippen LogP contribution in [0.3, 0.4) is 0 Å². The van der Waals surface area contributed by atoms with E-state index in [2.05, 4.69) is 4.57 Å². The Balaban J connectivity index is 1.69. The maximum atomic E-state index is 14.4. The molecule has 3 aromatic carbocycles. The van der Waals surface area contributed by atoms with Gasteiger partial charge in [0.15, 0.2) is 11.6 Å². The molecule has 1 unspecified atom stereocenters. The number of aryl methyl sites for hydroxylation is 1. The van der Waals surface area contributed by atoms with Gasteiger partial charge >= 0.3 is 0 Å². The Labute approximate surface area is 189 Å². The van der Waals surface area contributed by atoms with Crippen LogP contribution in [0.2, 0.25) is 5.02 Å². The number of benzene rings is 3. The third kappa shape index (κ3) is 3.28. The number of hydrogen-bond acceptors (Lipinski definition) is 1. The quantitative estimate of drug-likeness (QED) is 0.338. The first-order valence-electron chi connectivity index (χ1n) is 10.6. The average molecular weight is 451 g/mol. The molecule has 0 bridgehead atoms. The van der Waals surface area contributed by atoms with E-state index in [1.807, 2.05) is 55.6 Å². The first-order chi connectivity index (χ1) is 15.5. The van der Waals surface area contributed by atoms with Crippen LogP contribution in [0.25, 0.3) is 22.0 Å². The normalized spacial score (nSPS) is 16.1. The molecule has 1 saturated heterocycles. The molecule has 0 N–H and O–H groups in total. The Morgan fingerprint density at radius 2 is 1.81 bits per heavy atom. The molecule has 1 aromatic heterocycles. The van der Waals surface area contributed by atoms with Crippen molar-refractivity contribution in [3.63, 3.8) is 0 Å². The minimum absolute atomic E-state index is 0.236. The molecule has 162 valence electrons. The number of carbonyl (C=O) groups excluding carboxylic acids is 1. The Morgan fingerprint density at radius 3 is 2.59 bits per heavy atom. The zero-order valence-corrected chi connectivity index (χ0v) is 18.2. The minimum atomic E-state index is -1.10. The van der Waals surface area contributed by atoms with Gasteiger partial charge in [-0.15, -0.1) is 0 Å². The van der Waals surface area contributed by atoms with Crippen LogP contribution in [0.1, 0.15) is 34.9 Å². The number of likely N-dealkylation sites (tertiary alicyclic amines) is 1. The van der Waals surface area contributed by atoms with Gasteiger partial charge in [-0.05, 0) is 48.7 Å². The van der Waals surface area contributed by atoms with Crippen molar-refractivity contribution in [2.45, 2.75) is 18.9 Å². The van der Waals surface area contributed by atoms with Crippen molar-refractivity contribution >= 4 is 28.4 Å². The smallest absolute Gasteiger partial charge is 0.257 e. The molecule has 6 heteroatoms. The molecule has 1 atom stereocenters. The first kappa shape index (κ1) is 20.7. The molecule has 3 nitrogen and oxygen atoms in total. The fourth-order valence-corrected chi connectivity index (χ4v) is 5.02. The Bertz CT molecular complexity index is 1330. The van der Waals surface area contributed by atoms with Crippen molar-refractivity contribution in [1.82, 2.24) is 9.47 Å². The number of halogens is 3. The molecule has 32 heavy (non-hydrogen) atoms. The van der Waals surface area contributed by atoms with Crippen molar-refractivity contribution in [3.8, 4) is 11.1 Å². The highest BCUT2D eigenvalue weighted by Crippen LogP contribution is 2.44. The van der Waals surface area contributed by atoms with E-state index < -0.39 is 17.5 Å². The van der Waals surface area contributed by atoms with Crippen molar-refractivity contribution in [3.05, 3.63) is 94.6 Å². The van der Waals surface area contributed by atoms with E-state index in [1.54, 1.807) is 4.90 Å². The number of amides is 1. The van der Waals surface area contributed by atoms with Crippen molar-refractivity contribution in [1.29, 1.82) is 0 Å². The summed E-state index contributed by atoms with van der Waals surface area (Å²) in [7, 11) is 1.97. The standard InChI is InChI=1S/C26H21ClF2N2O/c1-30-21-13-12-17(27)15-19(21)23(16-7-3-2-4-8-16)25(30)22-11-6-14-31(22)26(32)18-9-5-10-20(28)24(18)29/h2-5,7-10,12-13,15,22H,6,11,14H2,1H3. The Morgan fingerprint density at radius 1 is 1.03 bits per heavy atom. The van der Waals surface area contributed by atoms with Crippen molar-refractivity contribution in [2.24, 2.45) is 7.05 Å². The lowest BCUT2D eigenvalue weighted by Gasteiger charge is -2.27. The summed E-state index contributed by atoms with van der Waals surface area (Å²) in [6, 6.07) is 19.2. The summed E-state index contributed by atoms with van der Waals surface area (Å²) >= 11 is 6.34. The van der Waals surface area contributed by atoms with Gasteiger partial charge in [0.25, 0.3) is 5.91 Å². The fourth-order valence-electron chi connectivity index (χ4n) is 4.85. The molecule has 1 fully saturated rings. The van der Waals surface area contributed by atoms with E-state index in [0.717, 1.165) is 46.6 Å². The monoisotopic (exact) mass is 450 g/mol. The SMILES string of the molecule is Cn1c(C2CCCN2C(=O)c2cccc(F)c2F)c(-c2ccccc2)c2cc(Cl)ccc21. The highest BCUT2D eigenvalue weighted by molar-refractivity contribution is 6.31. The lowest BCUT2D eigenvalue weighted by atomic mass is 9.97. The molecule has 1 aliphatic rings. The lowest BCUT2D eigenvalue weighted by Crippen LogP contribution is -2.32. The molecule has 4 aromatic rings. The number of aromatic nitrogens is 1. The van der Waals surface area contributed by atoms with E-state index >= 15 is 0 Å². The molecule has 1 amide bonds. The summed E-state index contributed by atoms with van der Waals surface area (Å²) in [5, 5.41) is 1.63. The number of rotatable bonds is 3. The molecular weight excluding hydrogens is 430 g/mol. The summed E-state index contributed by atoms with van der Waals surface area (Å²) in [5.41, 5.74) is 3.76. The Kier molecular flexibility index (Phi) is 5.22. The van der Waals surface area contributed by atoms with Gasteiger partial charge in [-0.25, -0.2) is 8.78 Å². The van der Waals surface area contributed by atoms with Crippen LogP contribution in [0.15, 0.2) is 66.7 Å². The highest BCUT2D eigenvalue weighted by atomic mass is 35.5. The summed E-state index contributed by atoms with van der Waals surface area (Å²) in [5.74, 6) is -2.61. The van der Waals surface area contributed by atoms with Crippen LogP contribution < -0.4 is 0 Å². The number of carbonyl (C=O) groups is 1. The predicted molar refractivity (Wildman–Crippen MR) is 123 cm³/mol. The summed E-state index contributed by atoms with van der Waals surface area (Å²) in [6.07, 6.45) is 1.52. The molecule has 0 radical (unpaired) electrons. The minimum Gasteiger partial charge on any atom is -0.345 e. The van der Waals surface area contributed by atoms with E-state index in [9.17, 15) is 13.6 Å². The van der Waals surface area contributed by atoms with Crippen LogP contribution in [0.4, 0.5) is 8.78 Å². The Hall–Kier alpha value is -3.18. The molecular formula is C26H21ClF2N2O. The lowest BCUT2D eigenvalue weighted by molar-refractivity contribution is 0.0726. The summed E-state index contributed by atoms with van der Waals surface area (Å²) in [6.45, 7) is 0.482. The van der Waals surface area contributed by atoms with Crippen LogP contribution in [-0.2, 0) is 7.05 Å². The van der Waals surface area contributed by atoms with Crippen LogP contribution in [-0.4, -0.2) is 21.9 Å². The van der Waals surface area contributed by atoms with Gasteiger partial charge in [0.1, 0.15) is 0 Å². The molecule has 0 aliphatic carbocycles. The second-order valence-corrected chi connectivity index (χ2v) is 8.54. The van der Waals surface area contributed by atoms with Gasteiger partial charge in [0.2, 0.25) is 0 Å². The van der Waals surface area contributed by atoms with Gasteiger partial charge in [0, 0.05) is 40.8 Å². The number of hydrogen-bond donors (Lipinski definition) is 0. The molecule has 2 heterocycles. The zero-order valence-electron chi connectivity index (χ0n) is 17.5. The number of fused-ring (bicyclic) bond motifs is 1. The largest absolute Gasteiger partial charge is 0.345 e. The molecule has 0 spiro atoms. The average Bonchev–Trinajstić information content (AvgIpc) is 3.38. The maximum absolute atomic E-state index is 14.4. The topological polar surface area (TPSA) is 25.2 Å². The zero-order chi connectivity index (χ0) is 22.4. The summed E-state index contributed by atoms with van der Waals surface area (Å²) < 4.78 is 30.3. The number of nitrogens with zero attached hydrogens (tertiary/aromatic N) is 2. The van der Waals surface area contributed by atoms with Gasteiger partial charge < -0.3 is 9.47 Å². The van der Waals surface area contributed by atoms with Gasteiger partial charge in [-0.1, -0.05) is 48.0 Å². The molecule has 0 saturated carbocycles. The van der Waals surface area contributed by atoms with Gasteiger partial charge in [0.05, 0.1) is 11.6 Å². The van der Waals surface area contributed by atoms with Crippen molar-refractivity contribution in [2.75, 3.05) is 6.54 Å². The van der Waals surface area contributed by atoms with E-state index in [4.69, 9.17) is 11.6 Å². The van der Waals surface area contributed by atoms with Gasteiger partial charge in [-0.3, -0.25) is 4.79 Å².